The van der Waals surface area contributed by atoms with Crippen molar-refractivity contribution < 1.29 is 36.3 Å². The van der Waals surface area contributed by atoms with Gasteiger partial charge in [-0.3, -0.25) is 9.17 Å². The lowest BCUT2D eigenvalue weighted by atomic mass is 10.1. The summed E-state index contributed by atoms with van der Waals surface area (Å²) in [7, 11) is -1.71. The van der Waals surface area contributed by atoms with Crippen LogP contribution in [0.15, 0.2) is 84.1 Å². The van der Waals surface area contributed by atoms with Gasteiger partial charge in [0.05, 0.1) is 69.9 Å². The van der Waals surface area contributed by atoms with Crippen LogP contribution in [0.1, 0.15) is 5.56 Å². The van der Waals surface area contributed by atoms with E-state index in [-0.39, 0.29) is 18.1 Å². The van der Waals surface area contributed by atoms with Crippen molar-refractivity contribution in [1.82, 2.24) is 14.5 Å². The van der Waals surface area contributed by atoms with E-state index in [1.807, 2.05) is 43.7 Å². The van der Waals surface area contributed by atoms with Gasteiger partial charge >= 0.3 is 0 Å². The first kappa shape index (κ1) is 33.5. The number of aromatic nitrogens is 3. The Morgan fingerprint density at radius 3 is 1.93 bits per heavy atom. The number of ether oxygens (including phenoxy) is 5. The Balaban J connectivity index is 0.864. The second kappa shape index (κ2) is 16.6. The summed E-state index contributed by atoms with van der Waals surface area (Å²) >= 11 is 0. The molecule has 0 atom stereocenters. The van der Waals surface area contributed by atoms with Crippen molar-refractivity contribution in [2.24, 2.45) is 7.05 Å². The Hall–Kier alpha value is -3.91. The molecule has 0 aliphatic carbocycles. The largest absolute Gasteiger partial charge is 0.475 e. The minimum Gasteiger partial charge on any atom is -0.475 e. The number of hydrogen-bond acceptors (Lipinski definition) is 10. The predicted octanol–water partition coefficient (Wildman–Crippen LogP) is 4.95. The number of benzene rings is 2. The van der Waals surface area contributed by atoms with E-state index in [4.69, 9.17) is 27.9 Å². The maximum atomic E-state index is 12.1. The lowest BCUT2D eigenvalue weighted by molar-refractivity contribution is -0.00693. The molecule has 0 bridgehead atoms. The van der Waals surface area contributed by atoms with Gasteiger partial charge in [0.1, 0.15) is 6.61 Å². The Kier molecular flexibility index (Phi) is 12.1. The van der Waals surface area contributed by atoms with Crippen LogP contribution >= 0.6 is 0 Å². The standard InChI is InChI=1S/C34H39N3O8S/c1-26-3-7-29(8-4-26)46(38,39)45-22-20-43-18-16-41-14-13-40-15-17-42-19-21-44-34-10-6-28(24-36-34)27-5-9-30-31-25-35-12-11-32(31)37(2)33(30)23-27/h3-12,23-25H,13-22H2,1-2H3. The van der Waals surface area contributed by atoms with Gasteiger partial charge in [-0.05, 0) is 42.8 Å². The van der Waals surface area contributed by atoms with Gasteiger partial charge in [0.25, 0.3) is 10.1 Å². The molecule has 0 aliphatic rings. The number of hydrogen-bond donors (Lipinski definition) is 0. The zero-order chi connectivity index (χ0) is 32.2. The predicted molar refractivity (Wildman–Crippen MR) is 175 cm³/mol. The van der Waals surface area contributed by atoms with Crippen molar-refractivity contribution in [2.75, 3.05) is 66.1 Å². The van der Waals surface area contributed by atoms with Crippen molar-refractivity contribution in [3.05, 3.63) is 84.8 Å². The third-order valence-electron chi connectivity index (χ3n) is 7.25. The van der Waals surface area contributed by atoms with E-state index in [9.17, 15) is 8.42 Å². The maximum absolute atomic E-state index is 12.1. The first-order valence-corrected chi connectivity index (χ1v) is 16.5. The van der Waals surface area contributed by atoms with Crippen molar-refractivity contribution in [2.45, 2.75) is 11.8 Å². The van der Waals surface area contributed by atoms with E-state index in [1.54, 1.807) is 12.1 Å². The summed E-state index contributed by atoms with van der Waals surface area (Å²) in [6.45, 7) is 5.20. The summed E-state index contributed by atoms with van der Waals surface area (Å²) < 4.78 is 59.0. The molecule has 5 rings (SSSR count). The van der Waals surface area contributed by atoms with Gasteiger partial charge in [0, 0.05) is 53.6 Å². The molecule has 3 heterocycles. The fraction of sp³-hybridized carbons (Fsp3) is 0.353. The average molecular weight is 650 g/mol. The SMILES string of the molecule is Cc1ccc(S(=O)(=O)OCCOCCOCCOCCOCCOc2ccc(-c3ccc4c5cnccc5n(C)c4c3)cn2)cc1. The van der Waals surface area contributed by atoms with E-state index < -0.39 is 10.1 Å². The third-order valence-corrected chi connectivity index (χ3v) is 8.57. The number of aryl methyl sites for hydroxylation is 2. The van der Waals surface area contributed by atoms with Crippen LogP contribution in [0.4, 0.5) is 0 Å². The number of fused-ring (bicyclic) bond motifs is 3. The van der Waals surface area contributed by atoms with E-state index >= 15 is 0 Å². The van der Waals surface area contributed by atoms with E-state index in [1.165, 1.54) is 17.5 Å². The number of nitrogens with zero attached hydrogens (tertiary/aromatic N) is 3. The van der Waals surface area contributed by atoms with Crippen molar-refractivity contribution >= 4 is 31.9 Å². The van der Waals surface area contributed by atoms with Gasteiger partial charge in [-0.1, -0.05) is 29.8 Å². The number of pyridine rings is 2. The molecule has 0 aliphatic heterocycles. The van der Waals surface area contributed by atoms with Crippen molar-refractivity contribution in [3.63, 3.8) is 0 Å². The monoisotopic (exact) mass is 649 g/mol. The van der Waals surface area contributed by atoms with Crippen LogP contribution in [-0.2, 0) is 40.3 Å². The highest BCUT2D eigenvalue weighted by molar-refractivity contribution is 7.86. The maximum Gasteiger partial charge on any atom is 0.297 e. The van der Waals surface area contributed by atoms with Crippen LogP contribution in [0, 0.1) is 6.92 Å². The average Bonchev–Trinajstić information content (AvgIpc) is 3.36. The zero-order valence-electron chi connectivity index (χ0n) is 26.1. The van der Waals surface area contributed by atoms with Crippen LogP contribution < -0.4 is 4.74 Å². The highest BCUT2D eigenvalue weighted by Crippen LogP contribution is 2.31. The molecular formula is C34H39N3O8S. The Morgan fingerprint density at radius 2 is 1.28 bits per heavy atom. The Morgan fingerprint density at radius 1 is 0.652 bits per heavy atom. The minimum atomic E-state index is -3.78. The number of rotatable bonds is 19. The van der Waals surface area contributed by atoms with E-state index in [0.717, 1.165) is 33.1 Å². The summed E-state index contributed by atoms with van der Waals surface area (Å²) in [5.41, 5.74) is 5.38. The van der Waals surface area contributed by atoms with Crippen molar-refractivity contribution in [3.8, 4) is 17.0 Å². The zero-order valence-corrected chi connectivity index (χ0v) is 26.9. The molecule has 0 spiro atoms. The molecule has 2 aromatic carbocycles. The van der Waals surface area contributed by atoms with Crippen LogP contribution in [-0.4, -0.2) is 89.0 Å². The quantitative estimate of drug-likeness (QED) is 0.0898. The first-order chi connectivity index (χ1) is 22.4. The fourth-order valence-electron chi connectivity index (χ4n) is 4.81. The van der Waals surface area contributed by atoms with Crippen LogP contribution in [0.2, 0.25) is 0 Å². The summed E-state index contributed by atoms with van der Waals surface area (Å²) in [6.07, 6.45) is 5.54. The van der Waals surface area contributed by atoms with Gasteiger partial charge in [-0.15, -0.1) is 0 Å². The lowest BCUT2D eigenvalue weighted by Gasteiger charge is -2.09. The normalized spacial score (nSPS) is 11.9. The second-order valence-corrected chi connectivity index (χ2v) is 12.1. The van der Waals surface area contributed by atoms with Gasteiger partial charge < -0.3 is 28.3 Å². The smallest absolute Gasteiger partial charge is 0.297 e. The molecule has 244 valence electrons. The van der Waals surface area contributed by atoms with Crippen LogP contribution in [0.25, 0.3) is 32.9 Å². The molecule has 0 fully saturated rings. The Bertz CT molecular complexity index is 1790. The van der Waals surface area contributed by atoms with Gasteiger partial charge in [-0.25, -0.2) is 4.98 Å². The van der Waals surface area contributed by atoms with Gasteiger partial charge in [0.2, 0.25) is 5.88 Å². The summed E-state index contributed by atoms with van der Waals surface area (Å²) in [4.78, 5) is 8.86. The van der Waals surface area contributed by atoms with E-state index in [0.29, 0.717) is 58.7 Å². The lowest BCUT2D eigenvalue weighted by Crippen LogP contribution is -2.15. The second-order valence-electron chi connectivity index (χ2n) is 10.5. The molecular weight excluding hydrogens is 610 g/mol. The molecule has 0 radical (unpaired) electrons. The first-order valence-electron chi connectivity index (χ1n) is 15.1. The highest BCUT2D eigenvalue weighted by atomic mass is 32.2. The van der Waals surface area contributed by atoms with E-state index in [2.05, 4.69) is 39.8 Å². The van der Waals surface area contributed by atoms with Crippen molar-refractivity contribution in [1.29, 1.82) is 0 Å². The summed E-state index contributed by atoms with van der Waals surface area (Å²) in [6, 6.07) is 18.8. The Labute approximate surface area is 269 Å². The topological polar surface area (TPSA) is 120 Å². The molecule has 0 saturated heterocycles. The summed E-state index contributed by atoms with van der Waals surface area (Å²) in [5.74, 6) is 0.543. The molecule has 0 N–H and O–H groups in total. The van der Waals surface area contributed by atoms with Crippen LogP contribution in [0.3, 0.4) is 0 Å². The fourth-order valence-corrected chi connectivity index (χ4v) is 5.71. The minimum absolute atomic E-state index is 0.0598. The molecule has 0 unspecified atom stereocenters. The highest BCUT2D eigenvalue weighted by Gasteiger charge is 2.14. The molecule has 12 heteroatoms. The van der Waals surface area contributed by atoms with Gasteiger partial charge in [0.15, 0.2) is 0 Å². The van der Waals surface area contributed by atoms with Crippen LogP contribution in [0.5, 0.6) is 5.88 Å². The molecule has 0 amide bonds. The van der Waals surface area contributed by atoms with Gasteiger partial charge in [-0.2, -0.15) is 8.42 Å². The molecule has 46 heavy (non-hydrogen) atoms. The molecule has 11 nitrogen and oxygen atoms in total. The molecule has 5 aromatic rings. The summed E-state index contributed by atoms with van der Waals surface area (Å²) in [5, 5.41) is 2.32. The molecule has 3 aromatic heterocycles. The third kappa shape index (κ3) is 9.09. The molecule has 0 saturated carbocycles.